The van der Waals surface area contributed by atoms with Crippen molar-refractivity contribution in [1.82, 2.24) is 4.98 Å². The summed E-state index contributed by atoms with van der Waals surface area (Å²) in [5.41, 5.74) is 1.93. The number of nitrogens with zero attached hydrogens (tertiary/aromatic N) is 1. The lowest BCUT2D eigenvalue weighted by atomic mass is 10.2. The van der Waals surface area contributed by atoms with E-state index < -0.39 is 0 Å². The summed E-state index contributed by atoms with van der Waals surface area (Å²) in [6, 6.07) is 7.73. The molecule has 0 saturated heterocycles. The molecule has 0 radical (unpaired) electrons. The Morgan fingerprint density at radius 2 is 1.95 bits per heavy atom. The molecular weight excluding hydrogens is 388 g/mol. The number of rotatable bonds is 5. The molecule has 2 aromatic rings. The van der Waals surface area contributed by atoms with Crippen molar-refractivity contribution in [2.24, 2.45) is 0 Å². The van der Waals surface area contributed by atoms with E-state index in [9.17, 15) is 0 Å². The van der Waals surface area contributed by atoms with Gasteiger partial charge in [0.25, 0.3) is 0 Å². The van der Waals surface area contributed by atoms with Gasteiger partial charge in [-0.05, 0) is 44.0 Å². The molecule has 106 valence electrons. The van der Waals surface area contributed by atoms with E-state index in [1.165, 1.54) is 0 Å². The van der Waals surface area contributed by atoms with Crippen LogP contribution in [0.25, 0.3) is 0 Å². The van der Waals surface area contributed by atoms with E-state index in [-0.39, 0.29) is 0 Å². The standard InChI is InChI=1S/C14H14Br2N2O2/c1-19-13-7-12(10(15)6-11(13)16)18-8-9-4-3-5-17-14(9)20-2/h3-7,18H,8H2,1-2H3. The van der Waals surface area contributed by atoms with Gasteiger partial charge in [0.15, 0.2) is 0 Å². The molecule has 0 aliphatic carbocycles. The largest absolute Gasteiger partial charge is 0.495 e. The summed E-state index contributed by atoms with van der Waals surface area (Å²) in [6.07, 6.45) is 1.71. The summed E-state index contributed by atoms with van der Waals surface area (Å²) in [6.45, 7) is 0.612. The Kier molecular flexibility index (Phi) is 5.25. The van der Waals surface area contributed by atoms with Crippen molar-refractivity contribution < 1.29 is 9.47 Å². The lowest BCUT2D eigenvalue weighted by molar-refractivity contribution is 0.393. The highest BCUT2D eigenvalue weighted by Gasteiger charge is 2.08. The maximum absolute atomic E-state index is 5.29. The van der Waals surface area contributed by atoms with E-state index >= 15 is 0 Å². The average Bonchev–Trinajstić information content (AvgIpc) is 2.46. The van der Waals surface area contributed by atoms with Gasteiger partial charge >= 0.3 is 0 Å². The molecule has 1 aromatic heterocycles. The summed E-state index contributed by atoms with van der Waals surface area (Å²) in [5.74, 6) is 1.40. The minimum atomic E-state index is 0.612. The van der Waals surface area contributed by atoms with Gasteiger partial charge in [0.1, 0.15) is 5.75 Å². The predicted octanol–water partition coefficient (Wildman–Crippen LogP) is 4.24. The summed E-state index contributed by atoms with van der Waals surface area (Å²) < 4.78 is 12.4. The van der Waals surface area contributed by atoms with Gasteiger partial charge in [-0.3, -0.25) is 0 Å². The molecule has 0 bridgehead atoms. The summed E-state index contributed by atoms with van der Waals surface area (Å²) in [5, 5.41) is 3.34. The summed E-state index contributed by atoms with van der Waals surface area (Å²) in [7, 11) is 3.26. The van der Waals surface area contributed by atoms with E-state index in [1.807, 2.05) is 24.3 Å². The minimum absolute atomic E-state index is 0.612. The molecule has 0 saturated carbocycles. The van der Waals surface area contributed by atoms with Crippen LogP contribution >= 0.6 is 31.9 Å². The van der Waals surface area contributed by atoms with Gasteiger partial charge < -0.3 is 14.8 Å². The van der Waals surface area contributed by atoms with Crippen LogP contribution in [0, 0.1) is 0 Å². The zero-order valence-electron chi connectivity index (χ0n) is 11.1. The van der Waals surface area contributed by atoms with Crippen LogP contribution in [-0.2, 0) is 6.54 Å². The molecule has 2 rings (SSSR count). The number of aromatic nitrogens is 1. The third-order valence-corrected chi connectivity index (χ3v) is 4.03. The normalized spacial score (nSPS) is 10.2. The first kappa shape index (κ1) is 15.1. The monoisotopic (exact) mass is 400 g/mol. The molecule has 0 amide bonds. The first-order chi connectivity index (χ1) is 9.65. The van der Waals surface area contributed by atoms with E-state index in [4.69, 9.17) is 9.47 Å². The van der Waals surface area contributed by atoms with Crippen LogP contribution in [0.1, 0.15) is 5.56 Å². The van der Waals surface area contributed by atoms with Gasteiger partial charge in [0, 0.05) is 28.8 Å². The maximum atomic E-state index is 5.29. The van der Waals surface area contributed by atoms with Crippen molar-refractivity contribution in [3.63, 3.8) is 0 Å². The maximum Gasteiger partial charge on any atom is 0.218 e. The zero-order valence-corrected chi connectivity index (χ0v) is 14.3. The van der Waals surface area contributed by atoms with Gasteiger partial charge in [0.2, 0.25) is 5.88 Å². The number of pyridine rings is 1. The highest BCUT2D eigenvalue weighted by molar-refractivity contribution is 9.11. The Labute approximate surface area is 134 Å². The van der Waals surface area contributed by atoms with Crippen LogP contribution in [0.5, 0.6) is 11.6 Å². The van der Waals surface area contributed by atoms with Crippen LogP contribution in [0.4, 0.5) is 5.69 Å². The number of methoxy groups -OCH3 is 2. The van der Waals surface area contributed by atoms with E-state index in [1.54, 1.807) is 20.4 Å². The van der Waals surface area contributed by atoms with Crippen molar-refractivity contribution in [2.75, 3.05) is 19.5 Å². The highest BCUT2D eigenvalue weighted by Crippen LogP contribution is 2.34. The number of benzene rings is 1. The minimum Gasteiger partial charge on any atom is -0.495 e. The first-order valence-corrected chi connectivity index (χ1v) is 7.49. The molecule has 0 atom stereocenters. The van der Waals surface area contributed by atoms with Gasteiger partial charge in [-0.1, -0.05) is 6.07 Å². The molecule has 4 nitrogen and oxygen atoms in total. The SMILES string of the molecule is COc1cc(NCc2cccnc2OC)c(Br)cc1Br. The molecule has 20 heavy (non-hydrogen) atoms. The predicted molar refractivity (Wildman–Crippen MR) is 86.5 cm³/mol. The van der Waals surface area contributed by atoms with Crippen molar-refractivity contribution >= 4 is 37.5 Å². The van der Waals surface area contributed by atoms with E-state index in [0.29, 0.717) is 12.4 Å². The van der Waals surface area contributed by atoms with Crippen molar-refractivity contribution in [3.8, 4) is 11.6 Å². The van der Waals surface area contributed by atoms with E-state index in [0.717, 1.165) is 25.9 Å². The Bertz CT molecular complexity index is 606. The molecule has 1 aromatic carbocycles. The lowest BCUT2D eigenvalue weighted by Crippen LogP contribution is -2.03. The second-order valence-corrected chi connectivity index (χ2v) is 5.70. The van der Waals surface area contributed by atoms with Gasteiger partial charge in [-0.25, -0.2) is 4.98 Å². The van der Waals surface area contributed by atoms with Gasteiger partial charge in [0.05, 0.1) is 24.4 Å². The molecule has 0 unspecified atom stereocenters. The highest BCUT2D eigenvalue weighted by atomic mass is 79.9. The Balaban J connectivity index is 2.18. The molecule has 0 spiro atoms. The molecule has 0 aliphatic heterocycles. The van der Waals surface area contributed by atoms with Crippen molar-refractivity contribution in [1.29, 1.82) is 0 Å². The van der Waals surface area contributed by atoms with Gasteiger partial charge in [-0.2, -0.15) is 0 Å². The first-order valence-electron chi connectivity index (χ1n) is 5.90. The topological polar surface area (TPSA) is 43.4 Å². The fourth-order valence-electron chi connectivity index (χ4n) is 1.75. The van der Waals surface area contributed by atoms with E-state index in [2.05, 4.69) is 42.2 Å². The summed E-state index contributed by atoms with van der Waals surface area (Å²) >= 11 is 6.97. The number of nitrogens with one attached hydrogen (secondary N) is 1. The number of halogens is 2. The van der Waals surface area contributed by atoms with Gasteiger partial charge in [-0.15, -0.1) is 0 Å². The smallest absolute Gasteiger partial charge is 0.218 e. The molecular formula is C14H14Br2N2O2. The van der Waals surface area contributed by atoms with Crippen molar-refractivity contribution in [3.05, 3.63) is 45.0 Å². The van der Waals surface area contributed by atoms with Crippen LogP contribution in [-0.4, -0.2) is 19.2 Å². The number of hydrogen-bond acceptors (Lipinski definition) is 4. The average molecular weight is 402 g/mol. The molecule has 6 heteroatoms. The Morgan fingerprint density at radius 3 is 2.65 bits per heavy atom. The summed E-state index contributed by atoms with van der Waals surface area (Å²) in [4.78, 5) is 4.17. The molecule has 0 fully saturated rings. The number of hydrogen-bond donors (Lipinski definition) is 1. The molecule has 1 heterocycles. The quantitative estimate of drug-likeness (QED) is 0.813. The second-order valence-electron chi connectivity index (χ2n) is 3.99. The fraction of sp³-hybridized carbons (Fsp3) is 0.214. The Morgan fingerprint density at radius 1 is 1.15 bits per heavy atom. The molecule has 0 aliphatic rings. The Hall–Kier alpha value is -1.27. The fourth-order valence-corrected chi connectivity index (χ4v) is 3.05. The van der Waals surface area contributed by atoms with Crippen LogP contribution in [0.2, 0.25) is 0 Å². The third kappa shape index (κ3) is 3.43. The van der Waals surface area contributed by atoms with Crippen LogP contribution < -0.4 is 14.8 Å². The van der Waals surface area contributed by atoms with Crippen molar-refractivity contribution in [2.45, 2.75) is 6.54 Å². The van der Waals surface area contributed by atoms with Crippen LogP contribution in [0.3, 0.4) is 0 Å². The zero-order chi connectivity index (χ0) is 14.5. The second kappa shape index (κ2) is 6.95. The van der Waals surface area contributed by atoms with Crippen LogP contribution in [0.15, 0.2) is 39.4 Å². The third-order valence-electron chi connectivity index (χ3n) is 2.75. The lowest BCUT2D eigenvalue weighted by Gasteiger charge is -2.13. The number of ether oxygens (including phenoxy) is 2. The number of anilines is 1. The molecule has 1 N–H and O–H groups in total.